The number of aromatic nitrogens is 2. The number of nitrogens with one attached hydrogen (secondary N) is 1. The average molecular weight is 551 g/mol. The van der Waals surface area contributed by atoms with Crippen LogP contribution in [-0.2, 0) is 6.54 Å². The third kappa shape index (κ3) is 5.21. The molecule has 0 fully saturated rings. The van der Waals surface area contributed by atoms with Crippen molar-refractivity contribution in [1.29, 1.82) is 5.26 Å². The molecule has 0 aliphatic rings. The van der Waals surface area contributed by atoms with Gasteiger partial charge in [-0.2, -0.15) is 10.4 Å². The van der Waals surface area contributed by atoms with Crippen LogP contribution in [-0.4, -0.2) is 26.8 Å². The third-order valence-electron chi connectivity index (χ3n) is 7.48. The van der Waals surface area contributed by atoms with E-state index >= 15 is 0 Å². The van der Waals surface area contributed by atoms with Gasteiger partial charge in [0.1, 0.15) is 0 Å². The van der Waals surface area contributed by atoms with Crippen LogP contribution >= 0.6 is 0 Å². The van der Waals surface area contributed by atoms with E-state index in [4.69, 9.17) is 0 Å². The highest BCUT2D eigenvalue weighted by Gasteiger charge is 2.20. The van der Waals surface area contributed by atoms with E-state index in [1.165, 1.54) is 12.1 Å². The summed E-state index contributed by atoms with van der Waals surface area (Å²) in [7, 11) is 0. The summed E-state index contributed by atoms with van der Waals surface area (Å²) in [5.74, 6) is -1.27. The van der Waals surface area contributed by atoms with Crippen LogP contribution in [0.1, 0.15) is 50.4 Å². The number of benzene rings is 5. The molecule has 0 aliphatic heterocycles. The molecule has 6 rings (SSSR count). The van der Waals surface area contributed by atoms with Crippen molar-refractivity contribution < 1.29 is 14.7 Å². The van der Waals surface area contributed by atoms with Gasteiger partial charge < -0.3 is 10.4 Å². The lowest BCUT2D eigenvalue weighted by Crippen LogP contribution is -2.27. The molecule has 0 saturated heterocycles. The van der Waals surface area contributed by atoms with Crippen molar-refractivity contribution in [2.45, 2.75) is 19.5 Å². The van der Waals surface area contributed by atoms with Crippen LogP contribution in [0, 0.1) is 11.3 Å². The molecule has 1 heterocycles. The minimum absolute atomic E-state index is 0.187. The number of nitrogens with zero attached hydrogens (tertiary/aromatic N) is 3. The Morgan fingerprint density at radius 1 is 0.881 bits per heavy atom. The lowest BCUT2D eigenvalue weighted by atomic mass is 9.98. The Labute approximate surface area is 242 Å². The SMILES string of the molecule is C[C@H](NC(=O)c1cc(-c2ccc(C#N)cc2)cc2cnn(Cc3ccc4ccccc4c3)c12)c1ccc(C(=O)O)cc1. The normalized spacial score (nSPS) is 11.7. The predicted octanol–water partition coefficient (Wildman–Crippen LogP) is 6.97. The minimum atomic E-state index is -1.00. The molecule has 0 saturated carbocycles. The number of amides is 1. The topological polar surface area (TPSA) is 108 Å². The van der Waals surface area contributed by atoms with Gasteiger partial charge in [0.25, 0.3) is 5.91 Å². The fourth-order valence-corrected chi connectivity index (χ4v) is 5.21. The third-order valence-corrected chi connectivity index (χ3v) is 7.48. The number of rotatable bonds is 7. The van der Waals surface area contributed by atoms with Crippen LogP contribution in [0.15, 0.2) is 109 Å². The Balaban J connectivity index is 1.40. The van der Waals surface area contributed by atoms with Crippen molar-refractivity contribution in [3.8, 4) is 17.2 Å². The number of carbonyl (C=O) groups is 2. The van der Waals surface area contributed by atoms with Gasteiger partial charge in [0, 0.05) is 5.39 Å². The van der Waals surface area contributed by atoms with E-state index < -0.39 is 5.97 Å². The van der Waals surface area contributed by atoms with E-state index in [0.29, 0.717) is 23.2 Å². The molecule has 5 aromatic carbocycles. The Hall–Kier alpha value is -5.74. The largest absolute Gasteiger partial charge is 0.478 e. The first-order chi connectivity index (χ1) is 20.4. The Kier molecular flexibility index (Phi) is 6.95. The summed E-state index contributed by atoms with van der Waals surface area (Å²) in [4.78, 5) is 25.2. The Morgan fingerprint density at radius 2 is 1.62 bits per heavy atom. The second-order valence-electron chi connectivity index (χ2n) is 10.3. The van der Waals surface area contributed by atoms with E-state index in [2.05, 4.69) is 46.8 Å². The number of fused-ring (bicyclic) bond motifs is 2. The molecule has 0 radical (unpaired) electrons. The summed E-state index contributed by atoms with van der Waals surface area (Å²) in [5.41, 5.74) is 5.50. The van der Waals surface area contributed by atoms with Crippen molar-refractivity contribution in [3.63, 3.8) is 0 Å². The monoisotopic (exact) mass is 550 g/mol. The predicted molar refractivity (Wildman–Crippen MR) is 162 cm³/mol. The van der Waals surface area contributed by atoms with Gasteiger partial charge in [-0.1, -0.05) is 60.7 Å². The van der Waals surface area contributed by atoms with Crippen molar-refractivity contribution in [2.24, 2.45) is 0 Å². The van der Waals surface area contributed by atoms with Crippen LogP contribution in [0.25, 0.3) is 32.8 Å². The van der Waals surface area contributed by atoms with E-state index in [1.54, 1.807) is 30.5 Å². The molecule has 6 aromatic rings. The summed E-state index contributed by atoms with van der Waals surface area (Å²) in [6.45, 7) is 2.35. The van der Waals surface area contributed by atoms with Gasteiger partial charge in [-0.25, -0.2) is 4.79 Å². The summed E-state index contributed by atoms with van der Waals surface area (Å²) in [6.07, 6.45) is 1.77. The molecule has 42 heavy (non-hydrogen) atoms. The molecule has 1 amide bonds. The van der Waals surface area contributed by atoms with Crippen molar-refractivity contribution in [1.82, 2.24) is 15.1 Å². The highest BCUT2D eigenvalue weighted by Crippen LogP contribution is 2.30. The van der Waals surface area contributed by atoms with Gasteiger partial charge in [-0.05, 0) is 82.4 Å². The quantitative estimate of drug-likeness (QED) is 0.223. The number of carboxylic acid groups (broad SMARTS) is 1. The highest BCUT2D eigenvalue weighted by molar-refractivity contribution is 6.07. The molecular formula is C35H26N4O3. The first-order valence-corrected chi connectivity index (χ1v) is 13.5. The zero-order valence-electron chi connectivity index (χ0n) is 22.8. The standard InChI is InChI=1S/C35H26N4O3/c1-22(25-12-14-28(15-13-25)35(41)42)38-34(40)32-18-30(27-9-6-23(19-36)7-10-27)17-31-20-37-39(33(31)32)21-24-8-11-26-4-2-3-5-29(26)16-24/h2-18,20,22H,21H2,1H3,(H,38,40)(H,41,42)/t22-/m0/s1. The molecule has 2 N–H and O–H groups in total. The Morgan fingerprint density at radius 3 is 2.33 bits per heavy atom. The van der Waals surface area contributed by atoms with Crippen LogP contribution < -0.4 is 5.32 Å². The molecule has 1 atom stereocenters. The van der Waals surface area contributed by atoms with Gasteiger partial charge in [0.15, 0.2) is 0 Å². The second kappa shape index (κ2) is 11.0. The van der Waals surface area contributed by atoms with E-state index in [-0.39, 0.29) is 17.5 Å². The fraction of sp³-hybridized carbons (Fsp3) is 0.0857. The molecule has 1 aromatic heterocycles. The maximum absolute atomic E-state index is 13.9. The second-order valence-corrected chi connectivity index (χ2v) is 10.3. The van der Waals surface area contributed by atoms with Crippen LogP contribution in [0.2, 0.25) is 0 Å². The van der Waals surface area contributed by atoms with Gasteiger partial charge >= 0.3 is 5.97 Å². The van der Waals surface area contributed by atoms with Gasteiger partial charge in [-0.3, -0.25) is 9.48 Å². The zero-order valence-corrected chi connectivity index (χ0v) is 22.8. The first kappa shape index (κ1) is 26.5. The maximum atomic E-state index is 13.9. The first-order valence-electron chi connectivity index (χ1n) is 13.5. The van der Waals surface area contributed by atoms with E-state index in [9.17, 15) is 20.0 Å². The smallest absolute Gasteiger partial charge is 0.335 e. The number of carbonyl (C=O) groups excluding carboxylic acids is 1. The molecule has 7 nitrogen and oxygen atoms in total. The minimum Gasteiger partial charge on any atom is -0.478 e. The molecule has 204 valence electrons. The molecular weight excluding hydrogens is 524 g/mol. The van der Waals surface area contributed by atoms with E-state index in [0.717, 1.165) is 38.4 Å². The molecule has 0 spiro atoms. The van der Waals surface area contributed by atoms with Crippen molar-refractivity contribution in [3.05, 3.63) is 137 Å². The average Bonchev–Trinajstić information content (AvgIpc) is 3.42. The number of hydrogen-bond donors (Lipinski definition) is 2. The van der Waals surface area contributed by atoms with Crippen molar-refractivity contribution >= 4 is 33.6 Å². The lowest BCUT2D eigenvalue weighted by Gasteiger charge is -2.17. The van der Waals surface area contributed by atoms with Crippen LogP contribution in [0.4, 0.5) is 0 Å². The number of nitriles is 1. The maximum Gasteiger partial charge on any atom is 0.335 e. The highest BCUT2D eigenvalue weighted by atomic mass is 16.4. The molecule has 0 aliphatic carbocycles. The molecule has 0 unspecified atom stereocenters. The van der Waals surface area contributed by atoms with Crippen molar-refractivity contribution in [2.75, 3.05) is 0 Å². The van der Waals surface area contributed by atoms with Crippen LogP contribution in [0.5, 0.6) is 0 Å². The molecule has 0 bridgehead atoms. The van der Waals surface area contributed by atoms with Gasteiger partial charge in [0.2, 0.25) is 0 Å². The van der Waals surface area contributed by atoms with Crippen LogP contribution in [0.3, 0.4) is 0 Å². The fourth-order valence-electron chi connectivity index (χ4n) is 5.21. The van der Waals surface area contributed by atoms with Gasteiger partial charge in [-0.15, -0.1) is 0 Å². The number of aromatic carboxylic acids is 1. The lowest BCUT2D eigenvalue weighted by molar-refractivity contribution is 0.0696. The summed E-state index contributed by atoms with van der Waals surface area (Å²) in [5, 5.41) is 29.3. The zero-order chi connectivity index (χ0) is 29.2. The molecule has 7 heteroatoms. The summed E-state index contributed by atoms with van der Waals surface area (Å²) in [6, 6.07) is 33.8. The van der Waals surface area contributed by atoms with E-state index in [1.807, 2.05) is 48.0 Å². The number of hydrogen-bond acceptors (Lipinski definition) is 4. The summed E-state index contributed by atoms with van der Waals surface area (Å²) >= 11 is 0. The summed E-state index contributed by atoms with van der Waals surface area (Å²) < 4.78 is 1.85. The van der Waals surface area contributed by atoms with Gasteiger partial charge in [0.05, 0.1) is 47.1 Å². The Bertz CT molecular complexity index is 2000. The number of carboxylic acids is 1.